The highest BCUT2D eigenvalue weighted by Gasteiger charge is 2.13. The second kappa shape index (κ2) is 9.24. The molecule has 1 heterocycles. The number of carbonyl (C=O) groups is 1. The smallest absolute Gasteiger partial charge is 0.337 e. The van der Waals surface area contributed by atoms with Gasteiger partial charge in [0.2, 0.25) is 0 Å². The molecule has 0 aliphatic rings. The first kappa shape index (κ1) is 20.4. The van der Waals surface area contributed by atoms with E-state index in [0.29, 0.717) is 24.6 Å². The molecule has 5 nitrogen and oxygen atoms in total. The Hall–Kier alpha value is -2.34. The van der Waals surface area contributed by atoms with Gasteiger partial charge in [-0.1, -0.05) is 42.6 Å². The number of hydrogen-bond donors (Lipinski definition) is 0. The highest BCUT2D eigenvalue weighted by atomic mass is 79.9. The zero-order valence-electron chi connectivity index (χ0n) is 16.4. The maximum Gasteiger partial charge on any atom is 0.337 e. The van der Waals surface area contributed by atoms with Crippen LogP contribution in [0.1, 0.15) is 42.6 Å². The first-order valence-electron chi connectivity index (χ1n) is 9.50. The third kappa shape index (κ3) is 4.55. The predicted octanol–water partition coefficient (Wildman–Crippen LogP) is 5.45. The molecule has 0 saturated heterocycles. The van der Waals surface area contributed by atoms with Crippen LogP contribution in [0, 0.1) is 5.92 Å². The Morgan fingerprint density at radius 2 is 1.96 bits per heavy atom. The number of rotatable bonds is 8. The largest absolute Gasteiger partial charge is 0.493 e. The Morgan fingerprint density at radius 1 is 1.18 bits per heavy atom. The van der Waals surface area contributed by atoms with Gasteiger partial charge in [-0.15, -0.1) is 0 Å². The van der Waals surface area contributed by atoms with Gasteiger partial charge < -0.3 is 9.47 Å². The van der Waals surface area contributed by atoms with Gasteiger partial charge in [0, 0.05) is 15.4 Å². The Labute approximate surface area is 173 Å². The summed E-state index contributed by atoms with van der Waals surface area (Å²) in [6.07, 6.45) is 3.98. The average molecular weight is 445 g/mol. The van der Waals surface area contributed by atoms with E-state index >= 15 is 0 Å². The van der Waals surface area contributed by atoms with E-state index < -0.39 is 0 Å². The number of esters is 1. The lowest BCUT2D eigenvalue weighted by molar-refractivity contribution is 0.0601. The fourth-order valence-electron chi connectivity index (χ4n) is 3.16. The van der Waals surface area contributed by atoms with Gasteiger partial charge in [0.1, 0.15) is 5.75 Å². The van der Waals surface area contributed by atoms with E-state index in [1.54, 1.807) is 18.3 Å². The lowest BCUT2D eigenvalue weighted by Gasteiger charge is -2.17. The lowest BCUT2D eigenvalue weighted by atomic mass is 10.1. The summed E-state index contributed by atoms with van der Waals surface area (Å²) in [6.45, 7) is 5.68. The maximum absolute atomic E-state index is 11.7. The topological polar surface area (TPSA) is 53.4 Å². The van der Waals surface area contributed by atoms with Gasteiger partial charge in [-0.05, 0) is 42.3 Å². The highest BCUT2D eigenvalue weighted by molar-refractivity contribution is 9.10. The second-order valence-electron chi connectivity index (χ2n) is 6.81. The Kier molecular flexibility index (Phi) is 6.73. The Balaban J connectivity index is 1.86. The van der Waals surface area contributed by atoms with Crippen LogP contribution < -0.4 is 4.74 Å². The maximum atomic E-state index is 11.7. The molecule has 0 unspecified atom stereocenters. The SMILES string of the molecule is CCC(CC)COc1ccc(Br)cc1Cn1ncc2cc(C(=O)OC)ccc21. The van der Waals surface area contributed by atoms with Crippen molar-refractivity contribution in [2.75, 3.05) is 13.7 Å². The third-order valence-corrected chi connectivity index (χ3v) is 5.53. The summed E-state index contributed by atoms with van der Waals surface area (Å²) >= 11 is 3.55. The number of hydrogen-bond acceptors (Lipinski definition) is 4. The summed E-state index contributed by atoms with van der Waals surface area (Å²) in [6, 6.07) is 11.5. The molecular formula is C22H25BrN2O3. The number of aromatic nitrogens is 2. The second-order valence-corrected chi connectivity index (χ2v) is 7.73. The Bertz CT molecular complexity index is 964. The normalized spacial score (nSPS) is 11.2. The first-order valence-corrected chi connectivity index (χ1v) is 10.3. The number of methoxy groups -OCH3 is 1. The molecule has 0 atom stereocenters. The van der Waals surface area contributed by atoms with E-state index in [4.69, 9.17) is 9.47 Å². The molecule has 0 spiro atoms. The van der Waals surface area contributed by atoms with Crippen molar-refractivity contribution in [1.82, 2.24) is 9.78 Å². The van der Waals surface area contributed by atoms with Gasteiger partial charge >= 0.3 is 5.97 Å². The average Bonchev–Trinajstić information content (AvgIpc) is 3.11. The van der Waals surface area contributed by atoms with Crippen molar-refractivity contribution in [2.24, 2.45) is 5.92 Å². The van der Waals surface area contributed by atoms with Gasteiger partial charge in [0.05, 0.1) is 37.5 Å². The summed E-state index contributed by atoms with van der Waals surface area (Å²) in [5.41, 5.74) is 2.53. The molecule has 3 rings (SSSR count). The van der Waals surface area contributed by atoms with E-state index in [1.807, 2.05) is 22.9 Å². The summed E-state index contributed by atoms with van der Waals surface area (Å²) in [4.78, 5) is 11.7. The van der Waals surface area contributed by atoms with Crippen LogP contribution in [0.5, 0.6) is 5.75 Å². The molecule has 0 aliphatic heterocycles. The van der Waals surface area contributed by atoms with Crippen LogP contribution in [-0.4, -0.2) is 29.5 Å². The lowest BCUT2D eigenvalue weighted by Crippen LogP contribution is -2.12. The van der Waals surface area contributed by atoms with E-state index in [1.165, 1.54) is 7.11 Å². The van der Waals surface area contributed by atoms with Crippen LogP contribution in [0.15, 0.2) is 47.1 Å². The zero-order chi connectivity index (χ0) is 20.1. The molecule has 1 aromatic heterocycles. The van der Waals surface area contributed by atoms with Crippen LogP contribution in [-0.2, 0) is 11.3 Å². The van der Waals surface area contributed by atoms with Crippen LogP contribution in [0.3, 0.4) is 0 Å². The molecule has 0 radical (unpaired) electrons. The summed E-state index contributed by atoms with van der Waals surface area (Å²) < 4.78 is 13.9. The van der Waals surface area contributed by atoms with Crippen LogP contribution in [0.2, 0.25) is 0 Å². The summed E-state index contributed by atoms with van der Waals surface area (Å²) in [7, 11) is 1.38. The molecule has 3 aromatic rings. The van der Waals surface area contributed by atoms with Crippen molar-refractivity contribution >= 4 is 32.8 Å². The van der Waals surface area contributed by atoms with Gasteiger partial charge in [-0.25, -0.2) is 4.79 Å². The molecule has 28 heavy (non-hydrogen) atoms. The summed E-state index contributed by atoms with van der Waals surface area (Å²) in [5, 5.41) is 5.41. The van der Waals surface area contributed by atoms with Gasteiger partial charge in [0.25, 0.3) is 0 Å². The monoisotopic (exact) mass is 444 g/mol. The number of carbonyl (C=O) groups excluding carboxylic acids is 1. The van der Waals surface area contributed by atoms with Crippen molar-refractivity contribution < 1.29 is 14.3 Å². The molecule has 0 saturated carbocycles. The standard InChI is InChI=1S/C22H25BrN2O3/c1-4-15(5-2)14-28-21-9-7-19(23)11-18(21)13-25-20-8-6-16(22(26)27-3)10-17(20)12-24-25/h6-12,15H,4-5,13-14H2,1-3H3. The molecule has 0 fully saturated rings. The number of ether oxygens (including phenoxy) is 2. The highest BCUT2D eigenvalue weighted by Crippen LogP contribution is 2.27. The molecule has 2 aromatic carbocycles. The fraction of sp³-hybridized carbons (Fsp3) is 0.364. The minimum atomic E-state index is -0.348. The predicted molar refractivity (Wildman–Crippen MR) is 114 cm³/mol. The quantitative estimate of drug-likeness (QED) is 0.433. The fourth-order valence-corrected chi connectivity index (χ4v) is 3.57. The van der Waals surface area contributed by atoms with E-state index in [9.17, 15) is 4.79 Å². The molecule has 0 N–H and O–H groups in total. The minimum Gasteiger partial charge on any atom is -0.493 e. The molecule has 6 heteroatoms. The number of fused-ring (bicyclic) bond motifs is 1. The van der Waals surface area contributed by atoms with Crippen molar-refractivity contribution in [2.45, 2.75) is 33.2 Å². The molecular weight excluding hydrogens is 420 g/mol. The molecule has 0 amide bonds. The number of nitrogens with zero attached hydrogens (tertiary/aromatic N) is 2. The van der Waals surface area contributed by atoms with Crippen molar-refractivity contribution in [1.29, 1.82) is 0 Å². The van der Waals surface area contributed by atoms with Crippen LogP contribution in [0.25, 0.3) is 10.9 Å². The van der Waals surface area contributed by atoms with Crippen molar-refractivity contribution in [3.63, 3.8) is 0 Å². The van der Waals surface area contributed by atoms with Crippen LogP contribution >= 0.6 is 15.9 Å². The third-order valence-electron chi connectivity index (χ3n) is 5.03. The minimum absolute atomic E-state index is 0.348. The van der Waals surface area contributed by atoms with E-state index in [-0.39, 0.29) is 5.97 Å². The van der Waals surface area contributed by atoms with Gasteiger partial charge in [0.15, 0.2) is 0 Å². The molecule has 148 valence electrons. The number of benzene rings is 2. The van der Waals surface area contributed by atoms with Gasteiger partial charge in [-0.2, -0.15) is 5.10 Å². The first-order chi connectivity index (χ1) is 13.5. The van der Waals surface area contributed by atoms with E-state index in [0.717, 1.165) is 39.5 Å². The number of halogens is 1. The summed E-state index contributed by atoms with van der Waals surface area (Å²) in [5.74, 6) is 1.09. The van der Waals surface area contributed by atoms with Crippen LogP contribution in [0.4, 0.5) is 0 Å². The van der Waals surface area contributed by atoms with Gasteiger partial charge in [-0.3, -0.25) is 4.68 Å². The Morgan fingerprint density at radius 3 is 2.68 bits per heavy atom. The molecule has 0 aliphatic carbocycles. The van der Waals surface area contributed by atoms with Crippen molar-refractivity contribution in [3.05, 3.63) is 58.2 Å². The zero-order valence-corrected chi connectivity index (χ0v) is 18.0. The van der Waals surface area contributed by atoms with E-state index in [2.05, 4.69) is 40.9 Å². The van der Waals surface area contributed by atoms with Crippen molar-refractivity contribution in [3.8, 4) is 5.75 Å². The molecule has 0 bridgehead atoms.